The molecule has 0 fully saturated rings. The molecule has 0 radical (unpaired) electrons. The third-order valence-corrected chi connectivity index (χ3v) is 3.48. The number of halogens is 2. The molecule has 1 rings (SSSR count). The third-order valence-electron chi connectivity index (χ3n) is 1.30. The first-order valence-electron chi connectivity index (χ1n) is 3.46. The summed E-state index contributed by atoms with van der Waals surface area (Å²) in [7, 11) is 0. The van der Waals surface area contributed by atoms with Gasteiger partial charge in [-0.3, -0.25) is 0 Å². The van der Waals surface area contributed by atoms with Crippen LogP contribution in [-0.4, -0.2) is 5.75 Å². The van der Waals surface area contributed by atoms with Crippen molar-refractivity contribution in [2.75, 3.05) is 5.75 Å². The zero-order valence-corrected chi connectivity index (χ0v) is 9.70. The van der Waals surface area contributed by atoms with Crippen LogP contribution in [0.25, 0.3) is 0 Å². The van der Waals surface area contributed by atoms with Crippen LogP contribution < -0.4 is 0 Å². The molecule has 66 valence electrons. The van der Waals surface area contributed by atoms with E-state index in [9.17, 15) is 0 Å². The van der Waals surface area contributed by atoms with Crippen molar-refractivity contribution >= 4 is 47.6 Å². The lowest BCUT2D eigenvalue weighted by Crippen LogP contribution is -1.78. The molecule has 0 aliphatic rings. The maximum Gasteiger partial charge on any atom is 0.0604 e. The summed E-state index contributed by atoms with van der Waals surface area (Å²) in [5.41, 5.74) is 0. The van der Waals surface area contributed by atoms with Gasteiger partial charge in [0.05, 0.1) is 10.0 Å². The Morgan fingerprint density at radius 1 is 1.33 bits per heavy atom. The fraction of sp³-hybridized carbons (Fsp3) is 0.250. The minimum atomic E-state index is 0.558. The average molecular weight is 239 g/mol. The molecule has 0 nitrogen and oxygen atoms in total. The quantitative estimate of drug-likeness (QED) is 0.589. The second kappa shape index (κ2) is 4.66. The number of rotatable bonds is 2. The van der Waals surface area contributed by atoms with Crippen molar-refractivity contribution in [2.24, 2.45) is 0 Å². The van der Waals surface area contributed by atoms with E-state index < -0.39 is 0 Å². The average Bonchev–Trinajstić information content (AvgIpc) is 2.01. The van der Waals surface area contributed by atoms with Crippen LogP contribution in [0, 0.1) is 0 Å². The maximum atomic E-state index is 5.84. The van der Waals surface area contributed by atoms with E-state index in [4.69, 9.17) is 23.2 Å². The number of hydrogen-bond acceptors (Lipinski definition) is 2. The molecular weight excluding hydrogens is 231 g/mol. The van der Waals surface area contributed by atoms with Gasteiger partial charge in [0.15, 0.2) is 0 Å². The zero-order valence-electron chi connectivity index (χ0n) is 6.47. The maximum absolute atomic E-state index is 5.84. The van der Waals surface area contributed by atoms with Gasteiger partial charge in [-0.2, -0.15) is 0 Å². The summed E-state index contributed by atoms with van der Waals surface area (Å²) in [6, 6.07) is 3.62. The lowest BCUT2D eigenvalue weighted by atomic mass is 10.3. The number of hydrogen-bond donors (Lipinski definition) is 1. The second-order valence-electron chi connectivity index (χ2n) is 2.17. The summed E-state index contributed by atoms with van der Waals surface area (Å²) >= 11 is 17.6. The van der Waals surface area contributed by atoms with Crippen molar-refractivity contribution in [3.05, 3.63) is 22.2 Å². The molecule has 12 heavy (non-hydrogen) atoms. The van der Waals surface area contributed by atoms with Gasteiger partial charge in [0, 0.05) is 9.79 Å². The molecule has 0 unspecified atom stereocenters. The van der Waals surface area contributed by atoms with Crippen LogP contribution in [0.5, 0.6) is 0 Å². The molecule has 1 aromatic carbocycles. The smallest absolute Gasteiger partial charge is 0.0604 e. The van der Waals surface area contributed by atoms with Gasteiger partial charge < -0.3 is 0 Å². The van der Waals surface area contributed by atoms with E-state index in [0.717, 1.165) is 15.5 Å². The first-order chi connectivity index (χ1) is 5.65. The normalized spacial score (nSPS) is 10.3. The Bertz CT molecular complexity index is 287. The third kappa shape index (κ3) is 2.49. The summed E-state index contributed by atoms with van der Waals surface area (Å²) in [5.74, 6) is 1.01. The van der Waals surface area contributed by atoms with Gasteiger partial charge in [-0.1, -0.05) is 30.1 Å². The predicted octanol–water partition coefficient (Wildman–Crippen LogP) is 4.39. The van der Waals surface area contributed by atoms with Gasteiger partial charge in [-0.25, -0.2) is 0 Å². The number of thioether (sulfide) groups is 1. The topological polar surface area (TPSA) is 0 Å². The highest BCUT2D eigenvalue weighted by Crippen LogP contribution is 2.33. The Balaban J connectivity index is 3.05. The molecule has 1 aromatic rings. The van der Waals surface area contributed by atoms with Gasteiger partial charge in [-0.05, 0) is 17.9 Å². The lowest BCUT2D eigenvalue weighted by Gasteiger charge is -2.04. The van der Waals surface area contributed by atoms with E-state index in [1.54, 1.807) is 17.8 Å². The molecule has 0 bridgehead atoms. The lowest BCUT2D eigenvalue weighted by molar-refractivity contribution is 1.25. The first kappa shape index (κ1) is 10.6. The molecule has 0 spiro atoms. The van der Waals surface area contributed by atoms with E-state index in [-0.39, 0.29) is 0 Å². The van der Waals surface area contributed by atoms with E-state index >= 15 is 0 Å². The molecule has 0 atom stereocenters. The first-order valence-corrected chi connectivity index (χ1v) is 5.64. The summed E-state index contributed by atoms with van der Waals surface area (Å²) in [6.07, 6.45) is 0. The largest absolute Gasteiger partial charge is 0.142 e. The summed E-state index contributed by atoms with van der Waals surface area (Å²) < 4.78 is 0. The summed E-state index contributed by atoms with van der Waals surface area (Å²) in [4.78, 5) is 1.96. The second-order valence-corrected chi connectivity index (χ2v) is 4.77. The predicted molar refractivity (Wildman–Crippen MR) is 60.1 cm³/mol. The Labute approximate surface area is 92.0 Å². The van der Waals surface area contributed by atoms with Crippen molar-refractivity contribution < 1.29 is 0 Å². The van der Waals surface area contributed by atoms with E-state index in [0.29, 0.717) is 10.0 Å². The van der Waals surface area contributed by atoms with Gasteiger partial charge in [0.1, 0.15) is 0 Å². The van der Waals surface area contributed by atoms with Crippen LogP contribution in [0.3, 0.4) is 0 Å². The Hall–Kier alpha value is 0.500. The van der Waals surface area contributed by atoms with E-state index in [2.05, 4.69) is 19.6 Å². The van der Waals surface area contributed by atoms with Crippen LogP contribution in [0.15, 0.2) is 21.9 Å². The highest BCUT2D eigenvalue weighted by atomic mass is 35.5. The van der Waals surface area contributed by atoms with Crippen molar-refractivity contribution in [2.45, 2.75) is 16.7 Å². The minimum Gasteiger partial charge on any atom is -0.142 e. The molecule has 0 heterocycles. The summed E-state index contributed by atoms with van der Waals surface area (Å²) in [6.45, 7) is 2.08. The number of benzene rings is 1. The van der Waals surface area contributed by atoms with Crippen LogP contribution in [0.4, 0.5) is 0 Å². The van der Waals surface area contributed by atoms with E-state index in [1.165, 1.54) is 0 Å². The molecule has 0 aliphatic carbocycles. The Kier molecular flexibility index (Phi) is 4.11. The Morgan fingerprint density at radius 3 is 2.50 bits per heavy atom. The van der Waals surface area contributed by atoms with Gasteiger partial charge in [-0.15, -0.1) is 24.4 Å². The molecule has 0 N–H and O–H groups in total. The molecule has 0 saturated carbocycles. The van der Waals surface area contributed by atoms with Crippen LogP contribution in [0.2, 0.25) is 10.0 Å². The zero-order chi connectivity index (χ0) is 9.14. The minimum absolute atomic E-state index is 0.558. The van der Waals surface area contributed by atoms with Crippen molar-refractivity contribution in [1.82, 2.24) is 0 Å². The molecule has 4 heteroatoms. The van der Waals surface area contributed by atoms with Crippen LogP contribution >= 0.6 is 47.6 Å². The van der Waals surface area contributed by atoms with Crippen LogP contribution in [-0.2, 0) is 0 Å². The molecule has 0 amide bonds. The van der Waals surface area contributed by atoms with Crippen molar-refractivity contribution in [3.8, 4) is 0 Å². The molecule has 0 aliphatic heterocycles. The summed E-state index contributed by atoms with van der Waals surface area (Å²) in [5, 5.41) is 1.15. The van der Waals surface area contributed by atoms with Gasteiger partial charge in [0.2, 0.25) is 0 Å². The van der Waals surface area contributed by atoms with Crippen LogP contribution in [0.1, 0.15) is 6.92 Å². The van der Waals surface area contributed by atoms with Crippen molar-refractivity contribution in [3.63, 3.8) is 0 Å². The molecular formula is C8H8Cl2S2. The van der Waals surface area contributed by atoms with E-state index in [1.807, 2.05) is 6.07 Å². The standard InChI is InChI=1S/C8H8Cl2S2/c1-2-12-8-4-6(10)5(9)3-7(8)11/h3-4,11H,2H2,1H3. The highest BCUT2D eigenvalue weighted by Gasteiger charge is 2.03. The van der Waals surface area contributed by atoms with Gasteiger partial charge >= 0.3 is 0 Å². The number of thiol groups is 1. The molecule has 0 saturated heterocycles. The van der Waals surface area contributed by atoms with Gasteiger partial charge in [0.25, 0.3) is 0 Å². The monoisotopic (exact) mass is 238 g/mol. The molecule has 0 aromatic heterocycles. The van der Waals surface area contributed by atoms with Crippen molar-refractivity contribution in [1.29, 1.82) is 0 Å². The SMILES string of the molecule is CCSc1cc(Cl)c(Cl)cc1S. The Morgan fingerprint density at radius 2 is 1.92 bits per heavy atom. The fourth-order valence-electron chi connectivity index (χ4n) is 0.789. The highest BCUT2D eigenvalue weighted by molar-refractivity contribution is 7.99. The fourth-order valence-corrected chi connectivity index (χ4v) is 2.36.